The smallest absolute Gasteiger partial charge is 0.333 e. The Morgan fingerprint density at radius 3 is 2.64 bits per heavy atom. The van der Waals surface area contributed by atoms with Crippen LogP contribution in [-0.2, 0) is 20.9 Å². The fourth-order valence-electron chi connectivity index (χ4n) is 4.46. The maximum Gasteiger partial charge on any atom is 0.333 e. The molecule has 0 spiro atoms. The molecule has 0 saturated heterocycles. The Morgan fingerprint density at radius 1 is 1.17 bits per heavy atom. The van der Waals surface area contributed by atoms with Crippen LogP contribution in [0, 0.1) is 11.8 Å². The van der Waals surface area contributed by atoms with E-state index in [0.717, 1.165) is 36.2 Å². The van der Waals surface area contributed by atoms with Crippen molar-refractivity contribution in [1.29, 1.82) is 0 Å². The second-order valence-corrected chi connectivity index (χ2v) is 10.1. The van der Waals surface area contributed by atoms with Gasteiger partial charge in [0.15, 0.2) is 11.5 Å². The van der Waals surface area contributed by atoms with Crippen molar-refractivity contribution in [2.24, 2.45) is 11.8 Å². The highest BCUT2D eigenvalue weighted by atomic mass is 32.1. The van der Waals surface area contributed by atoms with E-state index in [2.05, 4.69) is 19.2 Å². The van der Waals surface area contributed by atoms with Crippen LogP contribution in [0.3, 0.4) is 0 Å². The molecule has 8 nitrogen and oxygen atoms in total. The van der Waals surface area contributed by atoms with Gasteiger partial charge in [0, 0.05) is 6.04 Å². The fraction of sp³-hybridized carbons (Fsp3) is 0.519. The van der Waals surface area contributed by atoms with Gasteiger partial charge < -0.3 is 19.5 Å². The van der Waals surface area contributed by atoms with Gasteiger partial charge in [0.25, 0.3) is 5.56 Å². The summed E-state index contributed by atoms with van der Waals surface area (Å²) in [5.74, 6) is 1.26. The minimum Gasteiger partial charge on any atom is -0.493 e. The van der Waals surface area contributed by atoms with Crippen molar-refractivity contribution in [3.05, 3.63) is 43.3 Å². The Balaban J connectivity index is 1.98. The predicted octanol–water partition coefficient (Wildman–Crippen LogP) is 2.43. The highest BCUT2D eigenvalue weighted by molar-refractivity contribution is 7.07. The van der Waals surface area contributed by atoms with Crippen LogP contribution in [0.1, 0.15) is 52.5 Å². The third-order valence-electron chi connectivity index (χ3n) is 6.60. The number of carbonyl (C=O) groups is 2. The lowest BCUT2D eigenvalue weighted by atomic mass is 9.78. The number of rotatable bonds is 9. The average Bonchev–Trinajstić information content (AvgIpc) is 3.11. The molecule has 1 fully saturated rings. The van der Waals surface area contributed by atoms with Crippen LogP contribution in [-0.4, -0.2) is 42.8 Å². The summed E-state index contributed by atoms with van der Waals surface area (Å²) in [5.41, 5.74) is 0.395. The van der Waals surface area contributed by atoms with Crippen molar-refractivity contribution in [2.75, 3.05) is 20.3 Å². The third kappa shape index (κ3) is 6.78. The molecule has 1 aromatic carbocycles. The summed E-state index contributed by atoms with van der Waals surface area (Å²) in [6.07, 6.45) is 6.14. The maximum absolute atomic E-state index is 13.3. The summed E-state index contributed by atoms with van der Waals surface area (Å²) >= 11 is 1.14. The standard InChI is InChI=1S/C27H36N2O6S/c1-6-34-22-13-19(11-12-21(22)33-5)14-23-27(32)29(25(36-23)15-26(31)35-7-2)16-24(30)28-20-10-8-9-17(3)18(20)4/h11-15,17-18,20H,6-10,16H2,1-5H3,(H,28,30)/b23-14-,25-15-/t17-,18+,20-/m1/s1. The Labute approximate surface area is 215 Å². The second kappa shape index (κ2) is 12.8. The van der Waals surface area contributed by atoms with Crippen molar-refractivity contribution in [1.82, 2.24) is 9.88 Å². The van der Waals surface area contributed by atoms with Gasteiger partial charge in [-0.15, -0.1) is 11.3 Å². The zero-order valence-electron chi connectivity index (χ0n) is 21.7. The van der Waals surface area contributed by atoms with Gasteiger partial charge in [-0.05, 0) is 55.9 Å². The molecule has 1 aromatic heterocycles. The first-order valence-electron chi connectivity index (χ1n) is 12.5. The topological polar surface area (TPSA) is 95.9 Å². The largest absolute Gasteiger partial charge is 0.493 e. The van der Waals surface area contributed by atoms with E-state index in [1.165, 1.54) is 10.6 Å². The lowest BCUT2D eigenvalue weighted by Gasteiger charge is -2.34. The average molecular weight is 517 g/mol. The van der Waals surface area contributed by atoms with Gasteiger partial charge in [0.05, 0.1) is 30.9 Å². The molecule has 3 atom stereocenters. The zero-order chi connectivity index (χ0) is 26.2. The molecule has 0 radical (unpaired) electrons. The van der Waals surface area contributed by atoms with Crippen molar-refractivity contribution < 1.29 is 23.8 Å². The monoisotopic (exact) mass is 516 g/mol. The molecule has 3 rings (SSSR count). The number of thiazole rings is 1. The van der Waals surface area contributed by atoms with E-state index < -0.39 is 5.97 Å². The molecule has 1 aliphatic rings. The predicted molar refractivity (Wildman–Crippen MR) is 141 cm³/mol. The second-order valence-electron chi connectivity index (χ2n) is 9.02. The first kappa shape index (κ1) is 27.5. The molecule has 0 unspecified atom stereocenters. The van der Waals surface area contributed by atoms with Crippen molar-refractivity contribution in [2.45, 2.75) is 59.5 Å². The van der Waals surface area contributed by atoms with E-state index in [4.69, 9.17) is 14.2 Å². The van der Waals surface area contributed by atoms with Crippen LogP contribution in [0.15, 0.2) is 23.0 Å². The Bertz CT molecular complexity index is 1250. The number of nitrogens with one attached hydrogen (secondary N) is 1. The van der Waals surface area contributed by atoms with E-state index in [-0.39, 0.29) is 30.7 Å². The van der Waals surface area contributed by atoms with Crippen molar-refractivity contribution in [3.8, 4) is 11.5 Å². The van der Waals surface area contributed by atoms with E-state index >= 15 is 0 Å². The molecule has 2 aromatic rings. The molecule has 9 heteroatoms. The summed E-state index contributed by atoms with van der Waals surface area (Å²) in [4.78, 5) is 38.5. The number of carbonyl (C=O) groups excluding carboxylic acids is 2. The Morgan fingerprint density at radius 2 is 1.94 bits per heavy atom. The van der Waals surface area contributed by atoms with Gasteiger partial charge in [-0.2, -0.15) is 0 Å². The molecule has 1 saturated carbocycles. The summed E-state index contributed by atoms with van der Waals surface area (Å²) in [6.45, 7) is 8.47. The molecule has 196 valence electrons. The van der Waals surface area contributed by atoms with E-state index in [1.54, 1.807) is 32.2 Å². The van der Waals surface area contributed by atoms with Crippen molar-refractivity contribution in [3.63, 3.8) is 0 Å². The number of methoxy groups -OCH3 is 1. The van der Waals surface area contributed by atoms with E-state index in [1.807, 2.05) is 13.0 Å². The van der Waals surface area contributed by atoms with Crippen LogP contribution >= 0.6 is 11.3 Å². The summed E-state index contributed by atoms with van der Waals surface area (Å²) in [6, 6.07) is 5.46. The number of esters is 1. The Kier molecular flexibility index (Phi) is 9.75. The summed E-state index contributed by atoms with van der Waals surface area (Å²) in [5, 5.41) is 3.11. The van der Waals surface area contributed by atoms with Gasteiger partial charge in [-0.25, -0.2) is 4.79 Å². The number of hydrogen-bond donors (Lipinski definition) is 1. The molecule has 1 aliphatic carbocycles. The minimum atomic E-state index is -0.558. The third-order valence-corrected chi connectivity index (χ3v) is 7.66. The fourth-order valence-corrected chi connectivity index (χ4v) is 5.49. The Hall–Kier alpha value is -3.07. The molecule has 1 heterocycles. The highest BCUT2D eigenvalue weighted by Crippen LogP contribution is 2.29. The minimum absolute atomic E-state index is 0.0791. The lowest BCUT2D eigenvalue weighted by Crippen LogP contribution is -2.46. The van der Waals surface area contributed by atoms with Crippen LogP contribution in [0.25, 0.3) is 12.2 Å². The maximum atomic E-state index is 13.3. The molecular formula is C27H36N2O6S. The molecule has 0 bridgehead atoms. The first-order valence-corrected chi connectivity index (χ1v) is 13.3. The molecule has 1 N–H and O–H groups in total. The van der Waals surface area contributed by atoms with Crippen LogP contribution in [0.2, 0.25) is 0 Å². The highest BCUT2D eigenvalue weighted by Gasteiger charge is 2.28. The summed E-state index contributed by atoms with van der Waals surface area (Å²) < 4.78 is 18.1. The molecular weight excluding hydrogens is 480 g/mol. The summed E-state index contributed by atoms with van der Waals surface area (Å²) in [7, 11) is 1.57. The number of nitrogens with zero attached hydrogens (tertiary/aromatic N) is 1. The number of aromatic nitrogens is 1. The first-order chi connectivity index (χ1) is 17.3. The number of amides is 1. The number of ether oxygens (including phenoxy) is 3. The molecule has 36 heavy (non-hydrogen) atoms. The lowest BCUT2D eigenvalue weighted by molar-refractivity contribution is -0.135. The molecule has 0 aliphatic heterocycles. The van der Waals surface area contributed by atoms with Crippen LogP contribution < -0.4 is 29.5 Å². The van der Waals surface area contributed by atoms with Gasteiger partial charge in [-0.3, -0.25) is 14.2 Å². The van der Waals surface area contributed by atoms with Gasteiger partial charge in [0.1, 0.15) is 11.2 Å². The van der Waals surface area contributed by atoms with Gasteiger partial charge in [-0.1, -0.05) is 32.8 Å². The van der Waals surface area contributed by atoms with E-state index in [9.17, 15) is 14.4 Å². The zero-order valence-corrected chi connectivity index (χ0v) is 22.5. The van der Waals surface area contributed by atoms with Gasteiger partial charge >= 0.3 is 5.97 Å². The normalized spacial score (nSPS) is 20.8. The SMILES string of the molecule is CCOC(=O)/C=c1\s/c(=C\c2ccc(OC)c(OCC)c2)c(=O)n1CC(=O)N[C@@H]1CCC[C@@H](C)[C@@H]1C. The van der Waals surface area contributed by atoms with Crippen molar-refractivity contribution >= 4 is 35.4 Å². The molecule has 1 amide bonds. The quantitative estimate of drug-likeness (QED) is 0.515. The van der Waals surface area contributed by atoms with E-state index in [0.29, 0.717) is 39.1 Å². The number of benzene rings is 1. The van der Waals surface area contributed by atoms with Gasteiger partial charge in [0.2, 0.25) is 5.91 Å². The van der Waals surface area contributed by atoms with Crippen LogP contribution in [0.4, 0.5) is 0 Å². The van der Waals surface area contributed by atoms with Crippen LogP contribution in [0.5, 0.6) is 11.5 Å². The number of hydrogen-bond acceptors (Lipinski definition) is 7.